The van der Waals surface area contributed by atoms with Gasteiger partial charge in [0.15, 0.2) is 0 Å². The van der Waals surface area contributed by atoms with Crippen LogP contribution in [0.15, 0.2) is 54.6 Å². The van der Waals surface area contributed by atoms with E-state index in [9.17, 15) is 10.4 Å². The Bertz CT molecular complexity index is 528. The highest BCUT2D eigenvalue weighted by Crippen LogP contribution is 2.23. The molecule has 0 spiro atoms. The lowest BCUT2D eigenvalue weighted by Gasteiger charge is -2.09. The molecule has 0 heterocycles. The summed E-state index contributed by atoms with van der Waals surface area (Å²) in [5.74, 6) is -0.0136. The van der Waals surface area contributed by atoms with E-state index in [1.807, 2.05) is 36.4 Å². The quantitative estimate of drug-likeness (QED) is 0.868. The van der Waals surface area contributed by atoms with Gasteiger partial charge in [0.25, 0.3) is 0 Å². The van der Waals surface area contributed by atoms with Crippen molar-refractivity contribution in [3.63, 3.8) is 0 Å². The SMILES string of the molecule is N#CC(Cc1ccccc1)c1cccc(O)c1. The van der Waals surface area contributed by atoms with Crippen LogP contribution >= 0.6 is 0 Å². The normalized spacial score (nSPS) is 11.7. The third-order valence-electron chi connectivity index (χ3n) is 2.71. The first-order valence-electron chi connectivity index (χ1n) is 5.52. The molecule has 1 atom stereocenters. The van der Waals surface area contributed by atoms with Gasteiger partial charge in [0.05, 0.1) is 12.0 Å². The van der Waals surface area contributed by atoms with Crippen molar-refractivity contribution >= 4 is 0 Å². The van der Waals surface area contributed by atoms with Gasteiger partial charge in [-0.25, -0.2) is 0 Å². The molecule has 0 amide bonds. The minimum absolute atomic E-state index is 0.204. The first kappa shape index (κ1) is 11.2. The molecular weight excluding hydrogens is 210 g/mol. The highest BCUT2D eigenvalue weighted by atomic mass is 16.3. The Morgan fingerprint density at radius 3 is 2.47 bits per heavy atom. The van der Waals surface area contributed by atoms with Gasteiger partial charge in [-0.05, 0) is 29.7 Å². The Morgan fingerprint density at radius 2 is 1.82 bits per heavy atom. The number of hydrogen-bond donors (Lipinski definition) is 1. The van der Waals surface area contributed by atoms with Gasteiger partial charge in [0, 0.05) is 0 Å². The average molecular weight is 223 g/mol. The van der Waals surface area contributed by atoms with E-state index in [0.717, 1.165) is 11.1 Å². The number of hydrogen-bond acceptors (Lipinski definition) is 2. The van der Waals surface area contributed by atoms with E-state index >= 15 is 0 Å². The summed E-state index contributed by atoms with van der Waals surface area (Å²) in [7, 11) is 0. The summed E-state index contributed by atoms with van der Waals surface area (Å²) in [6.45, 7) is 0. The van der Waals surface area contributed by atoms with Crippen LogP contribution in [0.3, 0.4) is 0 Å². The topological polar surface area (TPSA) is 44.0 Å². The van der Waals surface area contributed by atoms with Gasteiger partial charge in [-0.1, -0.05) is 42.5 Å². The van der Waals surface area contributed by atoms with Gasteiger partial charge in [0.2, 0.25) is 0 Å². The van der Waals surface area contributed by atoms with Crippen LogP contribution in [-0.2, 0) is 6.42 Å². The molecule has 0 radical (unpaired) electrons. The van der Waals surface area contributed by atoms with Crippen LogP contribution in [0.25, 0.3) is 0 Å². The molecule has 1 N–H and O–H groups in total. The fraction of sp³-hybridized carbons (Fsp3) is 0.133. The van der Waals surface area contributed by atoms with Crippen molar-refractivity contribution in [3.05, 3.63) is 65.7 Å². The van der Waals surface area contributed by atoms with Gasteiger partial charge < -0.3 is 5.11 Å². The zero-order valence-corrected chi connectivity index (χ0v) is 9.38. The van der Waals surface area contributed by atoms with Crippen molar-refractivity contribution in [1.82, 2.24) is 0 Å². The van der Waals surface area contributed by atoms with E-state index in [4.69, 9.17) is 0 Å². The van der Waals surface area contributed by atoms with Gasteiger partial charge in [-0.15, -0.1) is 0 Å². The predicted octanol–water partition coefficient (Wildman–Crippen LogP) is 3.24. The molecule has 0 aliphatic heterocycles. The molecule has 84 valence electrons. The largest absolute Gasteiger partial charge is 0.508 e. The second kappa shape index (κ2) is 5.18. The number of aromatic hydroxyl groups is 1. The highest BCUT2D eigenvalue weighted by molar-refractivity contribution is 5.34. The molecule has 0 fully saturated rings. The number of phenols is 1. The summed E-state index contributed by atoms with van der Waals surface area (Å²) in [6, 6.07) is 19.1. The Labute approximate surface area is 101 Å². The molecule has 2 aromatic carbocycles. The van der Waals surface area contributed by atoms with Crippen LogP contribution in [0.5, 0.6) is 5.75 Å². The minimum Gasteiger partial charge on any atom is -0.508 e. The molecule has 2 heteroatoms. The average Bonchev–Trinajstić information content (AvgIpc) is 2.37. The fourth-order valence-electron chi connectivity index (χ4n) is 1.83. The van der Waals surface area contributed by atoms with Gasteiger partial charge in [0.1, 0.15) is 5.75 Å². The maximum absolute atomic E-state index is 9.41. The molecule has 17 heavy (non-hydrogen) atoms. The lowest BCUT2D eigenvalue weighted by molar-refractivity contribution is 0.474. The van der Waals surface area contributed by atoms with E-state index < -0.39 is 0 Å². The standard InChI is InChI=1S/C15H13NO/c16-11-14(9-12-5-2-1-3-6-12)13-7-4-8-15(17)10-13/h1-8,10,14,17H,9H2. The van der Waals surface area contributed by atoms with E-state index in [0.29, 0.717) is 6.42 Å². The molecule has 0 aliphatic carbocycles. The molecular formula is C15H13NO. The summed E-state index contributed by atoms with van der Waals surface area (Å²) in [5.41, 5.74) is 1.98. The number of phenolic OH excluding ortho intramolecular Hbond substituents is 1. The Morgan fingerprint density at radius 1 is 1.06 bits per heavy atom. The first-order valence-corrected chi connectivity index (χ1v) is 5.52. The van der Waals surface area contributed by atoms with Crippen molar-refractivity contribution in [3.8, 4) is 11.8 Å². The summed E-state index contributed by atoms with van der Waals surface area (Å²) >= 11 is 0. The molecule has 2 aromatic rings. The van der Waals surface area contributed by atoms with Crippen molar-refractivity contribution < 1.29 is 5.11 Å². The van der Waals surface area contributed by atoms with Crippen molar-refractivity contribution in [1.29, 1.82) is 5.26 Å². The van der Waals surface area contributed by atoms with Crippen LogP contribution in [-0.4, -0.2) is 5.11 Å². The fourth-order valence-corrected chi connectivity index (χ4v) is 1.83. The molecule has 0 aliphatic rings. The van der Waals surface area contributed by atoms with Crippen LogP contribution in [0.2, 0.25) is 0 Å². The third kappa shape index (κ3) is 2.85. The zero-order valence-electron chi connectivity index (χ0n) is 9.38. The van der Waals surface area contributed by atoms with E-state index in [-0.39, 0.29) is 11.7 Å². The summed E-state index contributed by atoms with van der Waals surface area (Å²) < 4.78 is 0. The van der Waals surface area contributed by atoms with Crippen LogP contribution < -0.4 is 0 Å². The van der Waals surface area contributed by atoms with Crippen molar-refractivity contribution in [2.24, 2.45) is 0 Å². The maximum Gasteiger partial charge on any atom is 0.115 e. The van der Waals surface area contributed by atoms with E-state index in [1.54, 1.807) is 18.2 Å². The third-order valence-corrected chi connectivity index (χ3v) is 2.71. The lowest BCUT2D eigenvalue weighted by atomic mass is 9.93. The summed E-state index contributed by atoms with van der Waals surface area (Å²) in [4.78, 5) is 0. The molecule has 2 rings (SSSR count). The van der Waals surface area contributed by atoms with Crippen molar-refractivity contribution in [2.45, 2.75) is 12.3 Å². The summed E-state index contributed by atoms with van der Waals surface area (Å²) in [6.07, 6.45) is 0.667. The second-order valence-corrected chi connectivity index (χ2v) is 3.97. The first-order chi connectivity index (χ1) is 8.29. The molecule has 1 unspecified atom stereocenters. The number of nitriles is 1. The predicted molar refractivity (Wildman–Crippen MR) is 66.6 cm³/mol. The minimum atomic E-state index is -0.218. The number of benzene rings is 2. The smallest absolute Gasteiger partial charge is 0.115 e. The maximum atomic E-state index is 9.41. The molecule has 0 aromatic heterocycles. The molecule has 0 bridgehead atoms. The van der Waals surface area contributed by atoms with Gasteiger partial charge in [-0.2, -0.15) is 5.26 Å². The Hall–Kier alpha value is -2.27. The van der Waals surface area contributed by atoms with Crippen LogP contribution in [0, 0.1) is 11.3 Å². The summed E-state index contributed by atoms with van der Waals surface area (Å²) in [5, 5.41) is 18.6. The number of rotatable bonds is 3. The highest BCUT2D eigenvalue weighted by Gasteiger charge is 2.11. The second-order valence-electron chi connectivity index (χ2n) is 3.97. The number of nitrogens with zero attached hydrogens (tertiary/aromatic N) is 1. The Balaban J connectivity index is 2.21. The Kier molecular flexibility index (Phi) is 3.42. The molecule has 0 saturated carbocycles. The zero-order chi connectivity index (χ0) is 12.1. The van der Waals surface area contributed by atoms with E-state index in [1.165, 1.54) is 0 Å². The lowest BCUT2D eigenvalue weighted by Crippen LogP contribution is -2.00. The van der Waals surface area contributed by atoms with Crippen molar-refractivity contribution in [2.75, 3.05) is 0 Å². The van der Waals surface area contributed by atoms with Gasteiger partial charge in [-0.3, -0.25) is 0 Å². The van der Waals surface area contributed by atoms with Gasteiger partial charge >= 0.3 is 0 Å². The van der Waals surface area contributed by atoms with Crippen LogP contribution in [0.4, 0.5) is 0 Å². The molecule has 2 nitrogen and oxygen atoms in total. The monoisotopic (exact) mass is 223 g/mol. The van der Waals surface area contributed by atoms with Crippen LogP contribution in [0.1, 0.15) is 17.0 Å². The van der Waals surface area contributed by atoms with E-state index in [2.05, 4.69) is 6.07 Å². The molecule has 0 saturated heterocycles.